The summed E-state index contributed by atoms with van der Waals surface area (Å²) < 4.78 is 4.52. The molecule has 0 saturated heterocycles. The molecule has 0 saturated carbocycles. The fraction of sp³-hybridized carbons (Fsp3) is 0.308. The number of alkyl carbamates (subject to hydrolysis) is 1. The monoisotopic (exact) mass is 277 g/mol. The number of aryl methyl sites for hydroxylation is 1. The van der Waals surface area contributed by atoms with Gasteiger partial charge in [-0.25, -0.2) is 9.78 Å². The van der Waals surface area contributed by atoms with Gasteiger partial charge in [-0.05, 0) is 19.1 Å². The average molecular weight is 277 g/mol. The Hall–Kier alpha value is -1.95. The van der Waals surface area contributed by atoms with Crippen molar-refractivity contribution in [2.24, 2.45) is 0 Å². The zero-order chi connectivity index (χ0) is 13.7. The number of nitrogens with zero attached hydrogens (tertiary/aromatic N) is 2. The van der Waals surface area contributed by atoms with Gasteiger partial charge in [-0.3, -0.25) is 4.98 Å². The normalized spacial score (nSPS) is 10.2. The summed E-state index contributed by atoms with van der Waals surface area (Å²) >= 11 is 1.64. The maximum absolute atomic E-state index is 11.0. The number of hydrogen-bond acceptors (Lipinski definition) is 5. The molecule has 0 fully saturated rings. The molecular weight excluding hydrogens is 262 g/mol. The molecule has 2 aromatic rings. The Labute approximate surface area is 115 Å². The van der Waals surface area contributed by atoms with Crippen LogP contribution < -0.4 is 5.32 Å². The van der Waals surface area contributed by atoms with Crippen molar-refractivity contribution in [1.29, 1.82) is 0 Å². The maximum atomic E-state index is 11.0. The second-order valence-electron chi connectivity index (χ2n) is 3.93. The topological polar surface area (TPSA) is 64.1 Å². The van der Waals surface area contributed by atoms with Crippen LogP contribution in [0.1, 0.15) is 10.6 Å². The lowest BCUT2D eigenvalue weighted by molar-refractivity contribution is 0.171. The molecule has 2 rings (SSSR count). The molecule has 2 heterocycles. The lowest BCUT2D eigenvalue weighted by atomic mass is 10.3. The molecule has 6 heteroatoms. The van der Waals surface area contributed by atoms with Gasteiger partial charge in [-0.2, -0.15) is 0 Å². The summed E-state index contributed by atoms with van der Waals surface area (Å²) in [7, 11) is 1.36. The number of methoxy groups -OCH3 is 1. The fourth-order valence-electron chi connectivity index (χ4n) is 1.63. The molecule has 0 unspecified atom stereocenters. The number of carbonyl (C=O) groups is 1. The fourth-order valence-corrected chi connectivity index (χ4v) is 2.70. The first kappa shape index (κ1) is 13.5. The summed E-state index contributed by atoms with van der Waals surface area (Å²) in [6.45, 7) is 2.53. The van der Waals surface area contributed by atoms with E-state index in [9.17, 15) is 4.79 Å². The molecule has 19 heavy (non-hydrogen) atoms. The zero-order valence-corrected chi connectivity index (χ0v) is 11.7. The first-order valence-electron chi connectivity index (χ1n) is 5.89. The van der Waals surface area contributed by atoms with Gasteiger partial charge in [0.2, 0.25) is 0 Å². The van der Waals surface area contributed by atoms with Crippen LogP contribution in [-0.2, 0) is 11.2 Å². The Kier molecular flexibility index (Phi) is 4.46. The van der Waals surface area contributed by atoms with E-state index in [1.54, 1.807) is 23.7 Å². The molecule has 2 aromatic heterocycles. The van der Waals surface area contributed by atoms with E-state index in [0.29, 0.717) is 6.54 Å². The predicted molar refractivity (Wildman–Crippen MR) is 74.2 cm³/mol. The molecule has 0 bridgehead atoms. The van der Waals surface area contributed by atoms with Gasteiger partial charge in [0.05, 0.1) is 12.8 Å². The van der Waals surface area contributed by atoms with E-state index in [2.05, 4.69) is 20.0 Å². The number of carbonyl (C=O) groups excluding carboxylic acids is 1. The molecule has 5 nitrogen and oxygen atoms in total. The molecule has 0 radical (unpaired) electrons. The lowest BCUT2D eigenvalue weighted by Crippen LogP contribution is -2.25. The summed E-state index contributed by atoms with van der Waals surface area (Å²) in [5.41, 5.74) is 2.07. The molecule has 1 N–H and O–H groups in total. The van der Waals surface area contributed by atoms with Gasteiger partial charge < -0.3 is 10.1 Å². The number of pyridine rings is 1. The highest BCUT2D eigenvalue weighted by Crippen LogP contribution is 2.27. The predicted octanol–water partition coefficient (Wildman–Crippen LogP) is 2.41. The van der Waals surface area contributed by atoms with Gasteiger partial charge in [0, 0.05) is 35.8 Å². The van der Waals surface area contributed by atoms with Gasteiger partial charge >= 0.3 is 6.09 Å². The van der Waals surface area contributed by atoms with Crippen molar-refractivity contribution in [2.75, 3.05) is 13.7 Å². The van der Waals surface area contributed by atoms with E-state index < -0.39 is 6.09 Å². The van der Waals surface area contributed by atoms with Crippen molar-refractivity contribution >= 4 is 17.4 Å². The van der Waals surface area contributed by atoms with Crippen LogP contribution in [0.15, 0.2) is 24.5 Å². The van der Waals surface area contributed by atoms with Crippen molar-refractivity contribution in [3.63, 3.8) is 0 Å². The second-order valence-corrected chi connectivity index (χ2v) is 5.02. The van der Waals surface area contributed by atoms with E-state index in [1.807, 2.05) is 19.1 Å². The largest absolute Gasteiger partial charge is 0.453 e. The molecule has 0 aliphatic carbocycles. The number of thiazole rings is 1. The Morgan fingerprint density at radius 1 is 1.42 bits per heavy atom. The molecule has 0 spiro atoms. The van der Waals surface area contributed by atoms with Gasteiger partial charge in [-0.1, -0.05) is 0 Å². The maximum Gasteiger partial charge on any atom is 0.406 e. The number of aromatic nitrogens is 2. The Balaban J connectivity index is 2.03. The first-order valence-corrected chi connectivity index (χ1v) is 6.71. The molecular formula is C13H15N3O2S. The van der Waals surface area contributed by atoms with Crippen LogP contribution in [0, 0.1) is 6.92 Å². The number of nitrogens with one attached hydrogen (secondary N) is 1. The van der Waals surface area contributed by atoms with Gasteiger partial charge in [-0.15, -0.1) is 11.3 Å². The molecule has 0 aliphatic heterocycles. The summed E-state index contributed by atoms with van der Waals surface area (Å²) in [5, 5.41) is 3.64. The highest BCUT2D eigenvalue weighted by atomic mass is 32.1. The van der Waals surface area contributed by atoms with Crippen LogP contribution in [0.3, 0.4) is 0 Å². The summed E-state index contributed by atoms with van der Waals surface area (Å²) in [6, 6.07) is 3.88. The summed E-state index contributed by atoms with van der Waals surface area (Å²) in [5.74, 6) is 0. The highest BCUT2D eigenvalue weighted by Gasteiger charge is 2.09. The molecule has 0 aliphatic rings. The molecule has 0 atom stereocenters. The smallest absolute Gasteiger partial charge is 0.406 e. The van der Waals surface area contributed by atoms with Crippen LogP contribution in [-0.4, -0.2) is 29.7 Å². The number of ether oxygens (including phenoxy) is 1. The van der Waals surface area contributed by atoms with Gasteiger partial charge in [0.25, 0.3) is 0 Å². The van der Waals surface area contributed by atoms with E-state index in [0.717, 1.165) is 22.7 Å². The minimum atomic E-state index is -0.406. The van der Waals surface area contributed by atoms with Crippen molar-refractivity contribution in [3.05, 3.63) is 35.1 Å². The van der Waals surface area contributed by atoms with E-state index in [1.165, 1.54) is 12.0 Å². The zero-order valence-electron chi connectivity index (χ0n) is 10.8. The van der Waals surface area contributed by atoms with E-state index in [-0.39, 0.29) is 0 Å². The lowest BCUT2D eigenvalue weighted by Gasteiger charge is -2.01. The Morgan fingerprint density at radius 2 is 2.16 bits per heavy atom. The average Bonchev–Trinajstić information content (AvgIpc) is 2.81. The number of rotatable bonds is 4. The highest BCUT2D eigenvalue weighted by molar-refractivity contribution is 7.15. The van der Waals surface area contributed by atoms with Crippen LogP contribution in [0.25, 0.3) is 10.6 Å². The minimum Gasteiger partial charge on any atom is -0.453 e. The van der Waals surface area contributed by atoms with Crippen LogP contribution in [0.5, 0.6) is 0 Å². The van der Waals surface area contributed by atoms with Crippen LogP contribution >= 0.6 is 11.3 Å². The SMILES string of the molecule is COC(=O)NCCc1sc(-c2ccncc2)nc1C. The third-order valence-corrected chi connectivity index (χ3v) is 3.89. The van der Waals surface area contributed by atoms with Crippen molar-refractivity contribution in [3.8, 4) is 10.6 Å². The number of amides is 1. The quantitative estimate of drug-likeness (QED) is 0.932. The third-order valence-electron chi connectivity index (χ3n) is 2.63. The molecule has 0 aromatic carbocycles. The standard InChI is InChI=1S/C13H15N3O2S/c1-9-11(5-8-15-13(17)18-2)19-12(16-9)10-3-6-14-7-4-10/h3-4,6-7H,5,8H2,1-2H3,(H,15,17). The van der Waals surface area contributed by atoms with E-state index in [4.69, 9.17) is 0 Å². The van der Waals surface area contributed by atoms with E-state index >= 15 is 0 Å². The molecule has 100 valence electrons. The minimum absolute atomic E-state index is 0.406. The van der Waals surface area contributed by atoms with Gasteiger partial charge in [0.1, 0.15) is 5.01 Å². The summed E-state index contributed by atoms with van der Waals surface area (Å²) in [4.78, 5) is 20.7. The first-order chi connectivity index (χ1) is 9.20. The Bertz CT molecular complexity index is 554. The molecule has 1 amide bonds. The second kappa shape index (κ2) is 6.29. The number of hydrogen-bond donors (Lipinski definition) is 1. The third kappa shape index (κ3) is 3.51. The Morgan fingerprint density at radius 3 is 2.84 bits per heavy atom. The van der Waals surface area contributed by atoms with Gasteiger partial charge in [0.15, 0.2) is 0 Å². The van der Waals surface area contributed by atoms with Crippen molar-refractivity contribution in [1.82, 2.24) is 15.3 Å². The van der Waals surface area contributed by atoms with Crippen LogP contribution in [0.2, 0.25) is 0 Å². The van der Waals surface area contributed by atoms with Crippen molar-refractivity contribution in [2.45, 2.75) is 13.3 Å². The summed E-state index contributed by atoms with van der Waals surface area (Å²) in [6.07, 6.45) is 3.86. The van der Waals surface area contributed by atoms with Crippen molar-refractivity contribution < 1.29 is 9.53 Å². The van der Waals surface area contributed by atoms with Crippen LogP contribution in [0.4, 0.5) is 4.79 Å².